The fourth-order valence-corrected chi connectivity index (χ4v) is 2.66. The Hall–Kier alpha value is -1.61. The van der Waals surface area contributed by atoms with Crippen molar-refractivity contribution in [2.24, 2.45) is 0 Å². The van der Waals surface area contributed by atoms with Gasteiger partial charge in [-0.15, -0.1) is 0 Å². The second kappa shape index (κ2) is 7.41. The molecule has 0 bridgehead atoms. The highest BCUT2D eigenvalue weighted by molar-refractivity contribution is 5.84. The molecule has 3 heteroatoms. The molecule has 0 amide bonds. The second-order valence-corrected chi connectivity index (χ2v) is 5.72. The van der Waals surface area contributed by atoms with Crippen LogP contribution in [0.4, 0.5) is 5.82 Å². The summed E-state index contributed by atoms with van der Waals surface area (Å²) in [6.45, 7) is 11.7. The van der Waals surface area contributed by atoms with E-state index in [4.69, 9.17) is 4.98 Å². The Balaban J connectivity index is 2.48. The summed E-state index contributed by atoms with van der Waals surface area (Å²) < 4.78 is 0. The summed E-state index contributed by atoms with van der Waals surface area (Å²) in [5.74, 6) is 1.10. The summed E-state index contributed by atoms with van der Waals surface area (Å²) in [6.07, 6.45) is 1.13. The largest absolute Gasteiger partial charge is 0.354 e. The van der Waals surface area contributed by atoms with Crippen molar-refractivity contribution in [1.82, 2.24) is 10.3 Å². The average molecular weight is 285 g/mol. The SMILES string of the molecule is CCCN(c1cc(CNCC)c2ccccc2n1)C(C)C. The normalized spacial score (nSPS) is 11.3. The van der Waals surface area contributed by atoms with Crippen LogP contribution in [-0.2, 0) is 6.54 Å². The van der Waals surface area contributed by atoms with E-state index < -0.39 is 0 Å². The number of para-hydroxylation sites is 1. The van der Waals surface area contributed by atoms with Gasteiger partial charge in [-0.25, -0.2) is 4.98 Å². The monoisotopic (exact) mass is 285 g/mol. The van der Waals surface area contributed by atoms with Crippen LogP contribution in [0.25, 0.3) is 10.9 Å². The topological polar surface area (TPSA) is 28.2 Å². The number of hydrogen-bond acceptors (Lipinski definition) is 3. The summed E-state index contributed by atoms with van der Waals surface area (Å²) in [6, 6.07) is 11.1. The zero-order valence-electron chi connectivity index (χ0n) is 13.7. The molecule has 1 heterocycles. The van der Waals surface area contributed by atoms with Gasteiger partial charge in [-0.1, -0.05) is 32.0 Å². The number of nitrogens with one attached hydrogen (secondary N) is 1. The molecule has 0 spiro atoms. The van der Waals surface area contributed by atoms with Gasteiger partial charge in [0.05, 0.1) is 5.52 Å². The molecule has 0 aliphatic heterocycles. The van der Waals surface area contributed by atoms with Crippen LogP contribution < -0.4 is 10.2 Å². The average Bonchev–Trinajstić information content (AvgIpc) is 2.49. The van der Waals surface area contributed by atoms with Gasteiger partial charge in [0.2, 0.25) is 0 Å². The third-order valence-corrected chi connectivity index (χ3v) is 3.74. The van der Waals surface area contributed by atoms with Crippen LogP contribution in [0.1, 0.15) is 39.7 Å². The Morgan fingerprint density at radius 1 is 1.19 bits per heavy atom. The smallest absolute Gasteiger partial charge is 0.129 e. The Morgan fingerprint density at radius 3 is 2.62 bits per heavy atom. The fourth-order valence-electron chi connectivity index (χ4n) is 2.66. The summed E-state index contributed by atoms with van der Waals surface area (Å²) >= 11 is 0. The number of rotatable bonds is 7. The van der Waals surface area contributed by atoms with E-state index in [0.717, 1.165) is 37.4 Å². The first kappa shape index (κ1) is 15.8. The van der Waals surface area contributed by atoms with Crippen molar-refractivity contribution in [2.45, 2.75) is 46.7 Å². The van der Waals surface area contributed by atoms with Crippen molar-refractivity contribution >= 4 is 16.7 Å². The van der Waals surface area contributed by atoms with Gasteiger partial charge in [0.25, 0.3) is 0 Å². The number of anilines is 1. The van der Waals surface area contributed by atoms with Crippen molar-refractivity contribution in [3.05, 3.63) is 35.9 Å². The molecule has 0 saturated carbocycles. The number of benzene rings is 1. The van der Waals surface area contributed by atoms with Gasteiger partial charge in [0.1, 0.15) is 5.82 Å². The lowest BCUT2D eigenvalue weighted by Gasteiger charge is -2.28. The third-order valence-electron chi connectivity index (χ3n) is 3.74. The molecule has 114 valence electrons. The van der Waals surface area contributed by atoms with Crippen molar-refractivity contribution in [2.75, 3.05) is 18.0 Å². The molecule has 21 heavy (non-hydrogen) atoms. The molecular weight excluding hydrogens is 258 g/mol. The van der Waals surface area contributed by atoms with Gasteiger partial charge in [-0.2, -0.15) is 0 Å². The molecule has 1 N–H and O–H groups in total. The van der Waals surface area contributed by atoms with Crippen LogP contribution in [0.2, 0.25) is 0 Å². The van der Waals surface area contributed by atoms with Crippen molar-refractivity contribution in [3.8, 4) is 0 Å². The molecule has 1 aromatic carbocycles. The van der Waals surface area contributed by atoms with Gasteiger partial charge in [0.15, 0.2) is 0 Å². The van der Waals surface area contributed by atoms with Gasteiger partial charge >= 0.3 is 0 Å². The Bertz CT molecular complexity index is 578. The van der Waals surface area contributed by atoms with E-state index in [1.165, 1.54) is 10.9 Å². The van der Waals surface area contributed by atoms with E-state index in [2.05, 4.69) is 68.2 Å². The summed E-state index contributed by atoms with van der Waals surface area (Å²) in [5.41, 5.74) is 2.42. The molecule has 0 saturated heterocycles. The van der Waals surface area contributed by atoms with Crippen LogP contribution >= 0.6 is 0 Å². The van der Waals surface area contributed by atoms with Crippen LogP contribution in [0.3, 0.4) is 0 Å². The number of pyridine rings is 1. The fraction of sp³-hybridized carbons (Fsp3) is 0.500. The van der Waals surface area contributed by atoms with Gasteiger partial charge in [0, 0.05) is 24.5 Å². The van der Waals surface area contributed by atoms with Gasteiger partial charge in [-0.3, -0.25) is 0 Å². The Labute approximate surface area is 128 Å². The molecule has 0 radical (unpaired) electrons. The molecule has 2 aromatic rings. The minimum absolute atomic E-state index is 0.464. The summed E-state index contributed by atoms with van der Waals surface area (Å²) in [7, 11) is 0. The summed E-state index contributed by atoms with van der Waals surface area (Å²) in [5, 5.41) is 4.69. The van der Waals surface area contributed by atoms with Crippen molar-refractivity contribution < 1.29 is 0 Å². The lowest BCUT2D eigenvalue weighted by Crippen LogP contribution is -2.32. The molecule has 0 unspecified atom stereocenters. The number of hydrogen-bond donors (Lipinski definition) is 1. The Morgan fingerprint density at radius 2 is 1.95 bits per heavy atom. The first-order chi connectivity index (χ1) is 10.2. The highest BCUT2D eigenvalue weighted by Crippen LogP contribution is 2.24. The molecule has 1 aromatic heterocycles. The molecule has 2 rings (SSSR count). The van der Waals surface area contributed by atoms with Gasteiger partial charge in [-0.05, 0) is 44.5 Å². The predicted molar refractivity (Wildman–Crippen MR) is 91.9 cm³/mol. The maximum Gasteiger partial charge on any atom is 0.129 e. The number of nitrogens with zero attached hydrogens (tertiary/aromatic N) is 2. The third kappa shape index (κ3) is 3.73. The first-order valence-electron chi connectivity index (χ1n) is 8.03. The maximum absolute atomic E-state index is 4.88. The van der Waals surface area contributed by atoms with E-state index in [-0.39, 0.29) is 0 Å². The lowest BCUT2D eigenvalue weighted by molar-refractivity contribution is 0.661. The van der Waals surface area contributed by atoms with Crippen LogP contribution in [0, 0.1) is 0 Å². The summed E-state index contributed by atoms with van der Waals surface area (Å²) in [4.78, 5) is 7.27. The van der Waals surface area contributed by atoms with E-state index in [1.807, 2.05) is 0 Å². The zero-order valence-corrected chi connectivity index (χ0v) is 13.7. The minimum Gasteiger partial charge on any atom is -0.354 e. The second-order valence-electron chi connectivity index (χ2n) is 5.72. The molecule has 0 fully saturated rings. The minimum atomic E-state index is 0.464. The van der Waals surface area contributed by atoms with Crippen LogP contribution in [0.15, 0.2) is 30.3 Å². The van der Waals surface area contributed by atoms with E-state index in [0.29, 0.717) is 6.04 Å². The van der Waals surface area contributed by atoms with Crippen molar-refractivity contribution in [1.29, 1.82) is 0 Å². The number of aromatic nitrogens is 1. The molecule has 0 aliphatic carbocycles. The van der Waals surface area contributed by atoms with E-state index in [1.54, 1.807) is 0 Å². The molecule has 3 nitrogen and oxygen atoms in total. The highest BCUT2D eigenvalue weighted by Gasteiger charge is 2.13. The quantitative estimate of drug-likeness (QED) is 0.834. The molecule has 0 atom stereocenters. The van der Waals surface area contributed by atoms with E-state index >= 15 is 0 Å². The molecule has 0 aliphatic rings. The zero-order chi connectivity index (χ0) is 15.2. The van der Waals surface area contributed by atoms with Crippen LogP contribution in [0.5, 0.6) is 0 Å². The first-order valence-corrected chi connectivity index (χ1v) is 8.03. The molecular formula is C18H27N3. The van der Waals surface area contributed by atoms with Crippen LogP contribution in [-0.4, -0.2) is 24.1 Å². The Kier molecular flexibility index (Phi) is 5.57. The maximum atomic E-state index is 4.88. The number of fused-ring (bicyclic) bond motifs is 1. The van der Waals surface area contributed by atoms with Gasteiger partial charge < -0.3 is 10.2 Å². The standard InChI is InChI=1S/C18H27N3/c1-5-11-21(14(3)4)18-12-15(13-19-6-2)16-9-7-8-10-17(16)20-18/h7-10,12,14,19H,5-6,11,13H2,1-4H3. The van der Waals surface area contributed by atoms with Crippen molar-refractivity contribution in [3.63, 3.8) is 0 Å². The highest BCUT2D eigenvalue weighted by atomic mass is 15.2. The lowest BCUT2D eigenvalue weighted by atomic mass is 10.1. The predicted octanol–water partition coefficient (Wildman–Crippen LogP) is 3.97. The van der Waals surface area contributed by atoms with E-state index in [9.17, 15) is 0 Å².